The fraction of sp³-hybridized carbons (Fsp3) is 0.214. The van der Waals surface area contributed by atoms with Crippen molar-refractivity contribution in [2.24, 2.45) is 0 Å². The molecule has 2 aromatic rings. The molecule has 1 aliphatic rings. The zero-order chi connectivity index (χ0) is 13.4. The van der Waals surface area contributed by atoms with Crippen LogP contribution >= 0.6 is 0 Å². The summed E-state index contributed by atoms with van der Waals surface area (Å²) in [6, 6.07) is 8.51. The molecule has 0 bridgehead atoms. The Balaban J connectivity index is 2.13. The molecule has 19 heavy (non-hydrogen) atoms. The zero-order valence-corrected chi connectivity index (χ0v) is 10.0. The summed E-state index contributed by atoms with van der Waals surface area (Å²) in [6.07, 6.45) is 1.86. The van der Waals surface area contributed by atoms with Crippen LogP contribution in [-0.2, 0) is 9.59 Å². The van der Waals surface area contributed by atoms with E-state index in [4.69, 9.17) is 0 Å². The number of rotatable bonds is 2. The Bertz CT molecular complexity index is 663. The molecular formula is C14H12N2O3. The maximum Gasteiger partial charge on any atom is 0.326 e. The molecule has 96 valence electrons. The maximum absolute atomic E-state index is 11.5. The summed E-state index contributed by atoms with van der Waals surface area (Å²) >= 11 is 0. The monoisotopic (exact) mass is 256 g/mol. The number of nitrogens with one attached hydrogen (secondary N) is 1. The van der Waals surface area contributed by atoms with Crippen LogP contribution in [0.4, 0.5) is 0 Å². The summed E-state index contributed by atoms with van der Waals surface area (Å²) in [4.78, 5) is 27.0. The van der Waals surface area contributed by atoms with E-state index in [1.54, 1.807) is 6.20 Å². The van der Waals surface area contributed by atoms with E-state index in [2.05, 4.69) is 10.3 Å². The summed E-state index contributed by atoms with van der Waals surface area (Å²) in [7, 11) is 0. The molecule has 3 rings (SSSR count). The predicted octanol–water partition coefficient (Wildman–Crippen LogP) is 1.29. The van der Waals surface area contributed by atoms with Gasteiger partial charge in [-0.2, -0.15) is 0 Å². The van der Waals surface area contributed by atoms with Gasteiger partial charge >= 0.3 is 5.97 Å². The highest BCUT2D eigenvalue weighted by molar-refractivity contribution is 5.91. The predicted molar refractivity (Wildman–Crippen MR) is 68.7 cm³/mol. The summed E-state index contributed by atoms with van der Waals surface area (Å²) in [5, 5.41) is 12.6. The van der Waals surface area contributed by atoms with Crippen LogP contribution in [0.1, 0.15) is 17.9 Å². The van der Waals surface area contributed by atoms with E-state index >= 15 is 0 Å². The Morgan fingerprint density at radius 3 is 2.89 bits per heavy atom. The molecule has 5 heteroatoms. The van der Waals surface area contributed by atoms with Crippen LogP contribution in [0.3, 0.4) is 0 Å². The van der Waals surface area contributed by atoms with Crippen LogP contribution < -0.4 is 5.32 Å². The van der Waals surface area contributed by atoms with Gasteiger partial charge < -0.3 is 10.4 Å². The molecule has 0 aliphatic carbocycles. The van der Waals surface area contributed by atoms with Gasteiger partial charge in [-0.3, -0.25) is 9.78 Å². The van der Waals surface area contributed by atoms with Crippen molar-refractivity contribution >= 4 is 22.8 Å². The molecule has 2 N–H and O–H groups in total. The van der Waals surface area contributed by atoms with Crippen LogP contribution in [0.25, 0.3) is 10.9 Å². The molecule has 2 heterocycles. The molecule has 0 radical (unpaired) electrons. The molecule has 2 atom stereocenters. The van der Waals surface area contributed by atoms with E-state index in [1.807, 2.05) is 30.3 Å². The molecule has 1 amide bonds. The fourth-order valence-corrected chi connectivity index (χ4v) is 2.60. The number of amides is 1. The van der Waals surface area contributed by atoms with Gasteiger partial charge in [-0.05, 0) is 11.6 Å². The second-order valence-corrected chi connectivity index (χ2v) is 4.62. The van der Waals surface area contributed by atoms with Crippen LogP contribution in [0.15, 0.2) is 36.5 Å². The number of carbonyl (C=O) groups is 2. The van der Waals surface area contributed by atoms with Crippen molar-refractivity contribution in [1.29, 1.82) is 0 Å². The Kier molecular flexibility index (Phi) is 2.67. The SMILES string of the molecule is O=C1CC(c2cccc3cccnc23)C(C(=O)O)N1. The van der Waals surface area contributed by atoms with Gasteiger partial charge in [-0.1, -0.05) is 24.3 Å². The third-order valence-corrected chi connectivity index (χ3v) is 3.45. The van der Waals surface area contributed by atoms with Crippen molar-refractivity contribution in [2.75, 3.05) is 0 Å². The molecule has 1 aliphatic heterocycles. The number of hydrogen-bond donors (Lipinski definition) is 2. The van der Waals surface area contributed by atoms with Crippen LogP contribution in [0.5, 0.6) is 0 Å². The van der Waals surface area contributed by atoms with E-state index in [1.165, 1.54) is 0 Å². The van der Waals surface area contributed by atoms with E-state index in [0.29, 0.717) is 0 Å². The number of fused-ring (bicyclic) bond motifs is 1. The van der Waals surface area contributed by atoms with Gasteiger partial charge in [0.1, 0.15) is 6.04 Å². The van der Waals surface area contributed by atoms with Crippen LogP contribution in [0, 0.1) is 0 Å². The molecule has 1 fully saturated rings. The second kappa shape index (κ2) is 4.35. The molecule has 0 spiro atoms. The molecule has 1 aromatic carbocycles. The number of aliphatic carboxylic acids is 1. The van der Waals surface area contributed by atoms with E-state index in [9.17, 15) is 14.7 Å². The molecule has 2 unspecified atom stereocenters. The largest absolute Gasteiger partial charge is 0.480 e. The van der Waals surface area contributed by atoms with Crippen molar-refractivity contribution in [3.05, 3.63) is 42.1 Å². The average Bonchev–Trinajstić information content (AvgIpc) is 2.80. The summed E-state index contributed by atoms with van der Waals surface area (Å²) in [5.41, 5.74) is 1.57. The molecule has 1 aromatic heterocycles. The summed E-state index contributed by atoms with van der Waals surface area (Å²) < 4.78 is 0. The number of hydrogen-bond acceptors (Lipinski definition) is 3. The number of nitrogens with zero attached hydrogens (tertiary/aromatic N) is 1. The zero-order valence-electron chi connectivity index (χ0n) is 10.0. The average molecular weight is 256 g/mol. The first-order chi connectivity index (χ1) is 9.16. The number of carboxylic acids is 1. The summed E-state index contributed by atoms with van der Waals surface area (Å²) in [5.74, 6) is -1.61. The third kappa shape index (κ3) is 1.93. The number of para-hydroxylation sites is 1. The molecule has 5 nitrogen and oxygen atoms in total. The smallest absolute Gasteiger partial charge is 0.326 e. The van der Waals surface area contributed by atoms with Gasteiger partial charge in [0.25, 0.3) is 0 Å². The summed E-state index contributed by atoms with van der Waals surface area (Å²) in [6.45, 7) is 0. The minimum Gasteiger partial charge on any atom is -0.480 e. The van der Waals surface area contributed by atoms with Gasteiger partial charge in [-0.25, -0.2) is 4.79 Å². The molecule has 1 saturated heterocycles. The lowest BCUT2D eigenvalue weighted by Crippen LogP contribution is -2.36. The Morgan fingerprint density at radius 1 is 1.32 bits per heavy atom. The lowest BCUT2D eigenvalue weighted by Gasteiger charge is -2.16. The van der Waals surface area contributed by atoms with E-state index in [-0.39, 0.29) is 18.2 Å². The first-order valence-corrected chi connectivity index (χ1v) is 6.02. The second-order valence-electron chi connectivity index (χ2n) is 4.62. The number of benzene rings is 1. The Morgan fingerprint density at radius 2 is 2.11 bits per heavy atom. The Hall–Kier alpha value is -2.43. The van der Waals surface area contributed by atoms with Crippen molar-refractivity contribution in [2.45, 2.75) is 18.4 Å². The Labute approximate surface area is 109 Å². The van der Waals surface area contributed by atoms with Gasteiger partial charge in [0, 0.05) is 23.9 Å². The molecular weight excluding hydrogens is 244 g/mol. The minimum atomic E-state index is -1.01. The third-order valence-electron chi connectivity index (χ3n) is 3.45. The quantitative estimate of drug-likeness (QED) is 0.848. The number of aromatic nitrogens is 1. The normalized spacial score (nSPS) is 22.4. The van der Waals surface area contributed by atoms with Crippen LogP contribution in [0.2, 0.25) is 0 Å². The first-order valence-electron chi connectivity index (χ1n) is 6.02. The topological polar surface area (TPSA) is 79.3 Å². The van der Waals surface area contributed by atoms with Gasteiger partial charge in [0.15, 0.2) is 0 Å². The van der Waals surface area contributed by atoms with Gasteiger partial charge in [-0.15, -0.1) is 0 Å². The van der Waals surface area contributed by atoms with Crippen molar-refractivity contribution in [1.82, 2.24) is 10.3 Å². The highest BCUT2D eigenvalue weighted by Gasteiger charge is 2.39. The van der Waals surface area contributed by atoms with Gasteiger partial charge in [0.2, 0.25) is 5.91 Å². The first kappa shape index (κ1) is 11.6. The number of carboxylic acid groups (broad SMARTS) is 1. The maximum atomic E-state index is 11.5. The van der Waals surface area contributed by atoms with Crippen molar-refractivity contribution in [3.63, 3.8) is 0 Å². The molecule has 0 saturated carbocycles. The lowest BCUT2D eigenvalue weighted by molar-refractivity contribution is -0.140. The minimum absolute atomic E-state index is 0.187. The van der Waals surface area contributed by atoms with E-state index in [0.717, 1.165) is 16.5 Å². The lowest BCUT2D eigenvalue weighted by atomic mass is 9.90. The highest BCUT2D eigenvalue weighted by Crippen LogP contribution is 2.32. The highest BCUT2D eigenvalue weighted by atomic mass is 16.4. The van der Waals surface area contributed by atoms with Crippen LogP contribution in [-0.4, -0.2) is 28.0 Å². The van der Waals surface area contributed by atoms with E-state index < -0.39 is 12.0 Å². The van der Waals surface area contributed by atoms with Crippen molar-refractivity contribution in [3.8, 4) is 0 Å². The standard InChI is InChI=1S/C14H12N2O3/c17-11-7-10(13(16-11)14(18)19)9-5-1-3-8-4-2-6-15-12(8)9/h1-6,10,13H,7H2,(H,16,17)(H,18,19). The fourth-order valence-electron chi connectivity index (χ4n) is 2.60. The van der Waals surface area contributed by atoms with Gasteiger partial charge in [0.05, 0.1) is 5.52 Å². The number of pyridine rings is 1. The number of carbonyl (C=O) groups excluding carboxylic acids is 1. The van der Waals surface area contributed by atoms with Crippen molar-refractivity contribution < 1.29 is 14.7 Å².